The quantitative estimate of drug-likeness (QED) is 0.362. The van der Waals surface area contributed by atoms with E-state index in [1.807, 2.05) is 60.5 Å². The van der Waals surface area contributed by atoms with Gasteiger partial charge in [-0.05, 0) is 43.4 Å². The molecule has 11 heteroatoms. The van der Waals surface area contributed by atoms with Crippen LogP contribution < -0.4 is 9.46 Å². The summed E-state index contributed by atoms with van der Waals surface area (Å²) in [7, 11) is -1.75. The number of aromatic nitrogens is 1. The third-order valence-electron chi connectivity index (χ3n) is 6.47. The number of fused-ring (bicyclic) bond motifs is 3. The lowest BCUT2D eigenvalue weighted by molar-refractivity contribution is -0.274. The van der Waals surface area contributed by atoms with Gasteiger partial charge in [0, 0.05) is 34.9 Å². The number of nitrogens with one attached hydrogen (secondary N) is 2. The van der Waals surface area contributed by atoms with Crippen LogP contribution in [0.5, 0.6) is 5.75 Å². The average molecular weight is 519 g/mol. The minimum atomic E-state index is -4.85. The first-order valence-corrected chi connectivity index (χ1v) is 12.9. The smallest absolute Gasteiger partial charge is 0.406 e. The standard InChI is InChI=1S/C25H25F3N4O3S/c1-31-14-20(30-36(29,34)17-12-10-16(11-13-17)35-25(26,27)28)24(33)23(15-31)32-21-8-4-2-6-18(21)19-7-3-5-9-22(19)32/h2-13,20,23-24,33H,14-15H2,1H3,(H2,29,30,34). The number of likely N-dealkylation sites (N-methyl/N-ethyl adjacent to an activating group) is 1. The Bertz CT molecular complexity index is 1450. The molecule has 190 valence electrons. The number of hydrogen-bond donors (Lipinski definition) is 3. The largest absolute Gasteiger partial charge is 0.573 e. The van der Waals surface area contributed by atoms with E-state index in [0.717, 1.165) is 46.1 Å². The fourth-order valence-corrected chi connectivity index (χ4v) is 6.28. The highest BCUT2D eigenvalue weighted by molar-refractivity contribution is 7.90. The molecule has 4 unspecified atom stereocenters. The molecule has 1 aromatic heterocycles. The molecule has 0 saturated carbocycles. The number of likely N-dealkylation sites (tertiary alicyclic amines) is 1. The van der Waals surface area contributed by atoms with E-state index in [1.54, 1.807) is 0 Å². The normalized spacial score (nSPS) is 23.1. The summed E-state index contributed by atoms with van der Waals surface area (Å²) in [6.07, 6.45) is -5.83. The third kappa shape index (κ3) is 4.66. The van der Waals surface area contributed by atoms with Gasteiger partial charge in [-0.15, -0.1) is 13.2 Å². The van der Waals surface area contributed by atoms with Gasteiger partial charge in [0.2, 0.25) is 0 Å². The molecule has 3 aromatic carbocycles. The van der Waals surface area contributed by atoms with Crippen molar-refractivity contribution in [1.82, 2.24) is 14.2 Å². The number of piperidine rings is 1. The van der Waals surface area contributed by atoms with E-state index in [2.05, 4.69) is 14.0 Å². The first-order chi connectivity index (χ1) is 17.0. The van der Waals surface area contributed by atoms with E-state index < -0.39 is 40.2 Å². The lowest BCUT2D eigenvalue weighted by Crippen LogP contribution is -2.58. The summed E-state index contributed by atoms with van der Waals surface area (Å²) in [6, 6.07) is 19.1. The lowest BCUT2D eigenvalue weighted by atomic mass is 9.97. The maximum Gasteiger partial charge on any atom is 0.573 e. The van der Waals surface area contributed by atoms with Gasteiger partial charge in [0.1, 0.15) is 15.7 Å². The first kappa shape index (κ1) is 24.6. The molecular formula is C25H25F3N4O3S. The first-order valence-electron chi connectivity index (χ1n) is 11.3. The number of aliphatic hydroxyl groups is 1. The van der Waals surface area contributed by atoms with Crippen LogP contribution in [0.2, 0.25) is 0 Å². The number of benzene rings is 3. The summed E-state index contributed by atoms with van der Waals surface area (Å²) in [5, 5.41) is 13.6. The van der Waals surface area contributed by atoms with Gasteiger partial charge in [-0.25, -0.2) is 13.7 Å². The van der Waals surface area contributed by atoms with E-state index in [0.29, 0.717) is 13.1 Å². The lowest BCUT2D eigenvalue weighted by Gasteiger charge is -2.41. The molecule has 36 heavy (non-hydrogen) atoms. The average Bonchev–Trinajstić information content (AvgIpc) is 3.15. The van der Waals surface area contributed by atoms with Crippen molar-refractivity contribution in [1.29, 1.82) is 4.78 Å². The number of rotatable bonds is 5. The predicted octanol–water partition coefficient (Wildman–Crippen LogP) is 4.52. The number of para-hydroxylation sites is 2. The molecule has 4 atom stereocenters. The van der Waals surface area contributed by atoms with Crippen molar-refractivity contribution in [2.24, 2.45) is 0 Å². The SMILES string of the molecule is CN1CC(NS(=N)(=O)c2ccc(OC(F)(F)F)cc2)C(O)C(n2c3ccccc3c3ccccc32)C1. The number of nitrogens with zero attached hydrogens (tertiary/aromatic N) is 2. The highest BCUT2D eigenvalue weighted by Gasteiger charge is 2.38. The Kier molecular flexibility index (Phi) is 6.19. The van der Waals surface area contributed by atoms with Crippen LogP contribution in [0, 0.1) is 4.78 Å². The molecule has 0 bridgehead atoms. The van der Waals surface area contributed by atoms with Crippen LogP contribution in [0.4, 0.5) is 13.2 Å². The summed E-state index contributed by atoms with van der Waals surface area (Å²) >= 11 is 0. The highest BCUT2D eigenvalue weighted by atomic mass is 32.2. The van der Waals surface area contributed by atoms with Crippen molar-refractivity contribution in [3.63, 3.8) is 0 Å². The van der Waals surface area contributed by atoms with Crippen molar-refractivity contribution in [3.05, 3.63) is 72.8 Å². The number of halogens is 3. The van der Waals surface area contributed by atoms with E-state index in [4.69, 9.17) is 4.78 Å². The third-order valence-corrected chi connectivity index (χ3v) is 8.04. The van der Waals surface area contributed by atoms with Crippen LogP contribution in [-0.4, -0.2) is 57.4 Å². The van der Waals surface area contributed by atoms with Crippen LogP contribution in [0.3, 0.4) is 0 Å². The van der Waals surface area contributed by atoms with Crippen LogP contribution in [0.15, 0.2) is 77.7 Å². The van der Waals surface area contributed by atoms with E-state index >= 15 is 0 Å². The molecule has 1 aliphatic heterocycles. The van der Waals surface area contributed by atoms with Crippen molar-refractivity contribution in [3.8, 4) is 5.75 Å². The molecule has 2 heterocycles. The van der Waals surface area contributed by atoms with Gasteiger partial charge < -0.3 is 19.3 Å². The Morgan fingerprint density at radius 3 is 2.08 bits per heavy atom. The predicted molar refractivity (Wildman–Crippen MR) is 131 cm³/mol. The fourth-order valence-electron chi connectivity index (χ4n) is 4.98. The van der Waals surface area contributed by atoms with E-state index in [9.17, 15) is 22.5 Å². The van der Waals surface area contributed by atoms with Crippen molar-refractivity contribution < 1.29 is 27.2 Å². The van der Waals surface area contributed by atoms with Gasteiger partial charge in [-0.3, -0.25) is 0 Å². The Morgan fingerprint density at radius 1 is 0.972 bits per heavy atom. The van der Waals surface area contributed by atoms with Crippen LogP contribution in [-0.2, 0) is 9.92 Å². The van der Waals surface area contributed by atoms with Gasteiger partial charge in [-0.1, -0.05) is 36.4 Å². The summed E-state index contributed by atoms with van der Waals surface area (Å²) < 4.78 is 67.8. The molecule has 4 aromatic rings. The van der Waals surface area contributed by atoms with Gasteiger partial charge in [0.15, 0.2) is 0 Å². The summed E-state index contributed by atoms with van der Waals surface area (Å²) in [6.45, 7) is 0.866. The molecule has 3 N–H and O–H groups in total. The van der Waals surface area contributed by atoms with E-state index in [-0.39, 0.29) is 4.90 Å². The zero-order valence-corrected chi connectivity index (χ0v) is 20.1. The van der Waals surface area contributed by atoms with Crippen LogP contribution in [0.25, 0.3) is 21.8 Å². The van der Waals surface area contributed by atoms with E-state index in [1.165, 1.54) is 0 Å². The van der Waals surface area contributed by atoms with Gasteiger partial charge in [-0.2, -0.15) is 0 Å². The topological polar surface area (TPSA) is 90.6 Å². The maximum absolute atomic E-state index is 13.3. The molecule has 0 spiro atoms. The summed E-state index contributed by atoms with van der Waals surface area (Å²) in [5.74, 6) is -0.467. The Balaban J connectivity index is 1.45. The molecule has 0 radical (unpaired) electrons. The van der Waals surface area contributed by atoms with Crippen molar-refractivity contribution in [2.45, 2.75) is 29.4 Å². The second-order valence-corrected chi connectivity index (χ2v) is 10.8. The summed E-state index contributed by atoms with van der Waals surface area (Å²) in [4.78, 5) is 1.99. The number of ether oxygens (including phenoxy) is 1. The zero-order valence-electron chi connectivity index (χ0n) is 19.3. The fraction of sp³-hybridized carbons (Fsp3) is 0.280. The molecular weight excluding hydrogens is 493 g/mol. The molecule has 7 nitrogen and oxygen atoms in total. The molecule has 1 fully saturated rings. The number of hydrogen-bond acceptors (Lipinski definition) is 5. The van der Waals surface area contributed by atoms with Gasteiger partial charge in [0.25, 0.3) is 0 Å². The minimum absolute atomic E-state index is 0.00846. The summed E-state index contributed by atoms with van der Waals surface area (Å²) in [5.41, 5.74) is 1.92. The number of alkyl halides is 3. The molecule has 0 amide bonds. The molecule has 1 aliphatic rings. The Morgan fingerprint density at radius 2 is 1.53 bits per heavy atom. The van der Waals surface area contributed by atoms with Gasteiger partial charge in [0.05, 0.1) is 23.1 Å². The molecule has 1 saturated heterocycles. The molecule has 5 rings (SSSR count). The monoisotopic (exact) mass is 518 g/mol. The second-order valence-electron chi connectivity index (χ2n) is 8.98. The van der Waals surface area contributed by atoms with Crippen molar-refractivity contribution in [2.75, 3.05) is 20.1 Å². The van der Waals surface area contributed by atoms with Crippen LogP contribution in [0.1, 0.15) is 6.04 Å². The Hall–Kier alpha value is -3.12. The van der Waals surface area contributed by atoms with Gasteiger partial charge >= 0.3 is 6.36 Å². The number of aliphatic hydroxyl groups excluding tert-OH is 1. The highest BCUT2D eigenvalue weighted by Crippen LogP contribution is 2.35. The van der Waals surface area contributed by atoms with Crippen LogP contribution >= 0.6 is 0 Å². The minimum Gasteiger partial charge on any atom is -0.406 e. The zero-order chi connectivity index (χ0) is 25.7. The van der Waals surface area contributed by atoms with Crippen molar-refractivity contribution >= 4 is 31.7 Å². The second kappa shape index (κ2) is 9.07. The Labute approximate surface area is 206 Å². The maximum atomic E-state index is 13.3. The molecule has 0 aliphatic carbocycles.